The van der Waals surface area contributed by atoms with Gasteiger partial charge >= 0.3 is 48.7 Å². The molecule has 16 nitrogen and oxygen atoms in total. The van der Waals surface area contributed by atoms with Gasteiger partial charge in [0, 0.05) is 38.0 Å². The number of carboxylic acids is 1. The summed E-state index contributed by atoms with van der Waals surface area (Å²) >= 11 is -1.79. The molecule has 0 saturated carbocycles. The van der Waals surface area contributed by atoms with E-state index in [1.54, 1.807) is 25.3 Å². The van der Waals surface area contributed by atoms with Crippen molar-refractivity contribution in [3.05, 3.63) is 90.8 Å². The molecule has 4 heterocycles. The fraction of sp³-hybridized carbons (Fsp3) is 0.185. The number of nitrogens with one attached hydrogen (secondary N) is 3. The number of H-pyrrole nitrogens is 3. The average molecular weight is 893 g/mol. The zero-order valence-electron chi connectivity index (χ0n) is 24.5. The van der Waals surface area contributed by atoms with Crippen molar-refractivity contribution in [2.45, 2.75) is 26.7 Å². The van der Waals surface area contributed by atoms with Gasteiger partial charge in [-0.25, -0.2) is 25.1 Å². The molecule has 4 rings (SSSR count). The number of halogens is 3. The first-order valence-electron chi connectivity index (χ1n) is 12.1. The third-order valence-corrected chi connectivity index (χ3v) is 4.00. The van der Waals surface area contributed by atoms with E-state index in [1.165, 1.54) is 25.1 Å². The van der Waals surface area contributed by atoms with E-state index in [2.05, 4.69) is 48.7 Å². The molecule has 0 unspecified atom stereocenters. The summed E-state index contributed by atoms with van der Waals surface area (Å²) in [5.41, 5.74) is 4.41. The Morgan fingerprint density at radius 1 is 0.936 bits per heavy atom. The summed E-state index contributed by atoms with van der Waals surface area (Å²) < 4.78 is 5.21. The van der Waals surface area contributed by atoms with Crippen LogP contribution in [0.15, 0.2) is 61.4 Å². The number of carbonyl (C=O) groups is 2. The molecular weight excluding hydrogens is 866 g/mol. The van der Waals surface area contributed by atoms with E-state index in [1.807, 2.05) is 5.10 Å². The Labute approximate surface area is 285 Å². The number of carbonyl (C=O) groups excluding carboxylic acids is 1. The zero-order valence-corrected chi connectivity index (χ0v) is 28.9. The molecule has 4 aromatic rings. The van der Waals surface area contributed by atoms with E-state index in [9.17, 15) is 24.0 Å². The molecule has 0 saturated heterocycles. The number of hydrogen-bond donors (Lipinski definition) is 5. The molecule has 0 aliphatic rings. The molecular formula is C27H27AuCl3N9O7. The monoisotopic (exact) mass is 891 g/mol. The van der Waals surface area contributed by atoms with Crippen LogP contribution in [-0.4, -0.2) is 59.0 Å². The van der Waals surface area contributed by atoms with Gasteiger partial charge in [-0.05, 0) is 25.1 Å². The Morgan fingerprint density at radius 3 is 1.70 bits per heavy atom. The maximum atomic E-state index is 11.2. The molecule has 0 amide bonds. The molecule has 0 bridgehead atoms. The van der Waals surface area contributed by atoms with Crippen LogP contribution in [0.25, 0.3) is 11.6 Å². The molecule has 6 N–H and O–H groups in total. The van der Waals surface area contributed by atoms with Gasteiger partial charge in [-0.3, -0.25) is 19.2 Å². The molecule has 0 fully saturated rings. The van der Waals surface area contributed by atoms with Crippen molar-refractivity contribution in [2.75, 3.05) is 6.54 Å². The van der Waals surface area contributed by atoms with E-state index < -0.39 is 26.7 Å². The Balaban J connectivity index is 0. The van der Waals surface area contributed by atoms with Gasteiger partial charge < -0.3 is 15.3 Å². The second-order valence-electron chi connectivity index (χ2n) is 7.39. The van der Waals surface area contributed by atoms with E-state index >= 15 is 0 Å². The molecule has 0 aromatic carbocycles. The second-order valence-corrected chi connectivity index (χ2v) is 16.8. The molecule has 0 spiro atoms. The van der Waals surface area contributed by atoms with Crippen molar-refractivity contribution in [3.63, 3.8) is 0 Å². The number of carboxylic acid groups (broad SMARTS) is 1. The average Bonchev–Trinajstić information content (AvgIpc) is 3.47. The minimum atomic E-state index is -1.79. The first-order chi connectivity index (χ1) is 22.2. The fourth-order valence-corrected chi connectivity index (χ4v) is 2.21. The summed E-state index contributed by atoms with van der Waals surface area (Å²) in [6.07, 6.45) is 11.9. The van der Waals surface area contributed by atoms with Crippen molar-refractivity contribution < 1.29 is 34.3 Å². The number of Topliss-reactive ketones (excluding diaryl/α,β-unsaturated/α-hetero) is 1. The summed E-state index contributed by atoms with van der Waals surface area (Å²) in [4.78, 5) is 56.9. The van der Waals surface area contributed by atoms with Gasteiger partial charge in [-0.1, -0.05) is 5.92 Å². The van der Waals surface area contributed by atoms with Gasteiger partial charge in [0.2, 0.25) is 5.89 Å². The standard InChI is InChI=1S/C9H8N2O2.C8H7N3O2.C5H4N2O3.C3H5N.C2H3N.Au.3ClH/c1-2-3-4-8(12)7-5-6-9(13)11-10-7;1-5-4-9-8(13-5)6-2-3-7(12)11-10-6;8-4-2-1-3(5(9)10)6-7-4;1-2-3-4;1-2-3;;;;/h1,5-6H,3-4H2,(H,11,13);2-4H,1H3,(H,11,12);1-2H,(H,7,8)(H,9,10);1H,3-4H2;1H3;;3*1H/q;;;;;+3;;;/p-3. The minimum absolute atomic E-state index is 0.158. The number of nitrogens with zero attached hydrogens (tertiary/aromatic N) is 5. The Morgan fingerprint density at radius 2 is 1.38 bits per heavy atom. The number of rotatable bonds is 5. The number of terminal acetylenes is 2. The quantitative estimate of drug-likeness (QED) is 0.110. The van der Waals surface area contributed by atoms with Crippen LogP contribution in [0.4, 0.5) is 0 Å². The molecule has 20 heteroatoms. The van der Waals surface area contributed by atoms with Crippen LogP contribution < -0.4 is 22.4 Å². The topological polar surface area (TPSA) is 267 Å². The predicted molar refractivity (Wildman–Crippen MR) is 171 cm³/mol. The number of aryl methyl sites for hydroxylation is 1. The van der Waals surface area contributed by atoms with Crippen LogP contribution >= 0.6 is 27.6 Å². The van der Waals surface area contributed by atoms with E-state index in [4.69, 9.17) is 54.5 Å². The number of nitrogens with two attached hydrogens (primary N) is 1. The van der Waals surface area contributed by atoms with E-state index in [-0.39, 0.29) is 34.7 Å². The van der Waals surface area contributed by atoms with Gasteiger partial charge in [-0.15, -0.1) is 18.8 Å². The van der Waals surface area contributed by atoms with Crippen molar-refractivity contribution in [2.24, 2.45) is 5.73 Å². The summed E-state index contributed by atoms with van der Waals surface area (Å²) in [6, 6.07) is 9.58. The zero-order chi connectivity index (χ0) is 36.2. The number of hydrogen-bond acceptors (Lipinski definition) is 12. The second kappa shape index (κ2) is 27.5. The van der Waals surface area contributed by atoms with E-state index in [0.29, 0.717) is 30.3 Å². The number of nitriles is 1. The van der Waals surface area contributed by atoms with Crippen LogP contribution in [0.3, 0.4) is 0 Å². The SMILES string of the molecule is C#CCCC(=O)c1ccc(=O)[nH]n1.C#CCN.CC#N.Cc1cnc(-c2ccc(=O)[nH]n2)o1.O=C(O)c1ccc(=O)[nH]n1.[Cl][Au]([Cl])[Cl]. The summed E-state index contributed by atoms with van der Waals surface area (Å²) in [5, 5.41) is 32.7. The summed E-state index contributed by atoms with van der Waals surface area (Å²) in [7, 11) is 14.9. The van der Waals surface area contributed by atoms with Gasteiger partial charge in [0.25, 0.3) is 16.7 Å². The van der Waals surface area contributed by atoms with Crippen molar-refractivity contribution in [1.29, 1.82) is 5.26 Å². The first-order valence-corrected chi connectivity index (χ1v) is 20.2. The van der Waals surface area contributed by atoms with Crippen molar-refractivity contribution >= 4 is 39.3 Å². The van der Waals surface area contributed by atoms with Gasteiger partial charge in [0.15, 0.2) is 11.5 Å². The summed E-state index contributed by atoms with van der Waals surface area (Å²) in [5.74, 6) is 4.38. The van der Waals surface area contributed by atoms with Gasteiger partial charge in [0.1, 0.15) is 17.1 Å². The predicted octanol–water partition coefficient (Wildman–Crippen LogP) is 2.74. The third kappa shape index (κ3) is 24.1. The molecule has 47 heavy (non-hydrogen) atoms. The Bertz CT molecular complexity index is 1760. The van der Waals surface area contributed by atoms with Crippen LogP contribution in [0.2, 0.25) is 0 Å². The molecule has 254 valence electrons. The first kappa shape index (κ1) is 44.3. The molecule has 0 atom stereocenters. The van der Waals surface area contributed by atoms with Crippen molar-refractivity contribution in [1.82, 2.24) is 35.6 Å². The van der Waals surface area contributed by atoms with Crippen LogP contribution in [0.5, 0.6) is 0 Å². The van der Waals surface area contributed by atoms with Crippen molar-refractivity contribution in [3.8, 4) is 42.3 Å². The normalized spacial score (nSPS) is 8.87. The third-order valence-electron chi connectivity index (χ3n) is 4.00. The Hall–Kier alpha value is -4.83. The number of aromatic nitrogens is 7. The Kier molecular flexibility index (Phi) is 25.9. The maximum absolute atomic E-state index is 11.2. The van der Waals surface area contributed by atoms with Gasteiger partial charge in [-0.2, -0.15) is 20.6 Å². The number of aromatic carboxylic acids is 1. The molecule has 0 aliphatic heterocycles. The molecule has 4 aromatic heterocycles. The van der Waals surface area contributed by atoms with Crippen LogP contribution in [-0.2, 0) is 15.2 Å². The molecule has 0 radical (unpaired) electrons. The van der Waals surface area contributed by atoms with Crippen LogP contribution in [0.1, 0.15) is 46.5 Å². The number of ketones is 1. The van der Waals surface area contributed by atoms with Gasteiger partial charge in [0.05, 0.1) is 18.8 Å². The number of aromatic amines is 3. The fourth-order valence-electron chi connectivity index (χ4n) is 2.21. The number of oxazole rings is 1. The molecule has 0 aliphatic carbocycles. The van der Waals surface area contributed by atoms with Crippen LogP contribution in [0, 0.1) is 42.9 Å². The van der Waals surface area contributed by atoms with E-state index in [0.717, 1.165) is 12.1 Å². The summed E-state index contributed by atoms with van der Waals surface area (Å²) in [6.45, 7) is 3.57.